The Morgan fingerprint density at radius 1 is 1.21 bits per heavy atom. The maximum Gasteiger partial charge on any atom is 0.358 e. The molecule has 130 valence electrons. The molecular weight excluding hydrogens is 306 g/mol. The zero-order valence-electron chi connectivity index (χ0n) is 14.6. The Kier molecular flexibility index (Phi) is 6.93. The summed E-state index contributed by atoms with van der Waals surface area (Å²) in [6, 6.07) is 7.76. The van der Waals surface area contributed by atoms with Crippen molar-refractivity contribution in [3.05, 3.63) is 47.0 Å². The van der Waals surface area contributed by atoms with Crippen molar-refractivity contribution >= 4 is 5.97 Å². The minimum atomic E-state index is -0.405. The van der Waals surface area contributed by atoms with Crippen molar-refractivity contribution in [1.29, 1.82) is 0 Å². The minimum Gasteiger partial charge on any atom is -0.458 e. The van der Waals surface area contributed by atoms with Crippen molar-refractivity contribution in [2.75, 3.05) is 19.8 Å². The van der Waals surface area contributed by atoms with Crippen LogP contribution in [0.15, 0.2) is 24.3 Å². The lowest BCUT2D eigenvalue weighted by Gasteiger charge is -2.05. The number of nitrogens with zero attached hydrogens (tertiary/aromatic N) is 3. The fourth-order valence-electron chi connectivity index (χ4n) is 2.39. The number of rotatable bonds is 9. The van der Waals surface area contributed by atoms with E-state index >= 15 is 0 Å². The molecule has 0 fully saturated rings. The molecule has 2 rings (SSSR count). The van der Waals surface area contributed by atoms with E-state index in [1.165, 1.54) is 0 Å². The molecule has 0 N–H and O–H groups in total. The quantitative estimate of drug-likeness (QED) is 0.522. The smallest absolute Gasteiger partial charge is 0.358 e. The second-order valence-corrected chi connectivity index (χ2v) is 5.61. The normalized spacial score (nSPS) is 10.8. The van der Waals surface area contributed by atoms with Crippen LogP contribution in [0.25, 0.3) is 0 Å². The first-order valence-corrected chi connectivity index (χ1v) is 8.32. The molecule has 0 unspecified atom stereocenters. The Morgan fingerprint density at radius 2 is 2.04 bits per heavy atom. The Hall–Kier alpha value is -2.21. The Morgan fingerprint density at radius 3 is 2.75 bits per heavy atom. The first-order chi connectivity index (χ1) is 11.6. The van der Waals surface area contributed by atoms with Gasteiger partial charge in [0.2, 0.25) is 0 Å². The number of carbonyl (C=O) groups excluding carboxylic acids is 1. The maximum atomic E-state index is 11.9. The molecule has 0 aliphatic heterocycles. The van der Waals surface area contributed by atoms with Crippen molar-refractivity contribution in [1.82, 2.24) is 14.8 Å². The molecule has 0 spiro atoms. The third kappa shape index (κ3) is 5.45. The molecule has 0 aliphatic rings. The van der Waals surface area contributed by atoms with E-state index in [1.54, 1.807) is 10.7 Å². The van der Waals surface area contributed by atoms with Gasteiger partial charge >= 0.3 is 5.97 Å². The zero-order valence-corrected chi connectivity index (χ0v) is 14.6. The number of pyridine rings is 1. The molecule has 0 aliphatic carbocycles. The van der Waals surface area contributed by atoms with Crippen LogP contribution < -0.4 is 0 Å². The van der Waals surface area contributed by atoms with Crippen LogP contribution in [0.1, 0.15) is 40.9 Å². The molecule has 6 heteroatoms. The Labute approximate surface area is 142 Å². The average molecular weight is 331 g/mol. The largest absolute Gasteiger partial charge is 0.458 e. The van der Waals surface area contributed by atoms with Gasteiger partial charge in [0, 0.05) is 30.2 Å². The molecular formula is C18H25N3O3. The highest BCUT2D eigenvalue weighted by atomic mass is 16.6. The van der Waals surface area contributed by atoms with E-state index in [1.807, 2.05) is 39.0 Å². The van der Waals surface area contributed by atoms with Gasteiger partial charge in [0.05, 0.1) is 6.61 Å². The topological polar surface area (TPSA) is 66.2 Å². The van der Waals surface area contributed by atoms with Crippen molar-refractivity contribution < 1.29 is 14.3 Å². The van der Waals surface area contributed by atoms with Gasteiger partial charge in [-0.1, -0.05) is 6.07 Å². The van der Waals surface area contributed by atoms with E-state index in [-0.39, 0.29) is 6.61 Å². The number of esters is 1. The van der Waals surface area contributed by atoms with Crippen LogP contribution >= 0.6 is 0 Å². The molecule has 0 saturated heterocycles. The zero-order chi connectivity index (χ0) is 17.4. The molecule has 6 nitrogen and oxygen atoms in total. The number of hydrogen-bond donors (Lipinski definition) is 0. The molecule has 0 aromatic carbocycles. The first-order valence-electron chi connectivity index (χ1n) is 8.32. The Balaban J connectivity index is 1.58. The van der Waals surface area contributed by atoms with Crippen LogP contribution in [0.5, 0.6) is 0 Å². The molecule has 24 heavy (non-hydrogen) atoms. The number of carbonyl (C=O) groups is 1. The lowest BCUT2D eigenvalue weighted by atomic mass is 10.2. The predicted molar refractivity (Wildman–Crippen MR) is 91.0 cm³/mol. The first kappa shape index (κ1) is 18.1. The van der Waals surface area contributed by atoms with E-state index in [0.717, 1.165) is 36.5 Å². The summed E-state index contributed by atoms with van der Waals surface area (Å²) in [4.78, 5) is 16.3. The predicted octanol–water partition coefficient (Wildman–Crippen LogP) is 2.72. The van der Waals surface area contributed by atoms with Crippen molar-refractivity contribution in [2.24, 2.45) is 0 Å². The molecule has 0 amide bonds. The van der Waals surface area contributed by atoms with Crippen LogP contribution in [-0.2, 0) is 22.4 Å². The number of hydrogen-bond acceptors (Lipinski definition) is 5. The number of aromatic nitrogens is 3. The second-order valence-electron chi connectivity index (χ2n) is 5.61. The molecule has 2 aromatic rings. The highest BCUT2D eigenvalue weighted by Crippen LogP contribution is 2.05. The summed E-state index contributed by atoms with van der Waals surface area (Å²) in [5, 5.41) is 4.19. The number of ether oxygens (including phenoxy) is 2. The van der Waals surface area contributed by atoms with Crippen LogP contribution in [0.4, 0.5) is 0 Å². The minimum absolute atomic E-state index is 0.236. The van der Waals surface area contributed by atoms with E-state index in [0.29, 0.717) is 18.9 Å². The van der Waals surface area contributed by atoms with Crippen LogP contribution in [0.3, 0.4) is 0 Å². The summed E-state index contributed by atoms with van der Waals surface area (Å²) in [5.74, 6) is -0.405. The van der Waals surface area contributed by atoms with Crippen molar-refractivity contribution in [3.8, 4) is 0 Å². The summed E-state index contributed by atoms with van der Waals surface area (Å²) in [5.41, 5.74) is 3.40. The fraction of sp³-hybridized carbons (Fsp3) is 0.500. The van der Waals surface area contributed by atoms with Gasteiger partial charge in [-0.3, -0.25) is 9.67 Å². The molecule has 2 heterocycles. The summed E-state index contributed by atoms with van der Waals surface area (Å²) < 4.78 is 12.4. The third-order valence-electron chi connectivity index (χ3n) is 3.62. The summed E-state index contributed by atoms with van der Waals surface area (Å²) in [7, 11) is 0. The van der Waals surface area contributed by atoms with E-state index in [2.05, 4.69) is 10.1 Å². The highest BCUT2D eigenvalue weighted by Gasteiger charge is 2.12. The number of aryl methyl sites for hydroxylation is 4. The van der Waals surface area contributed by atoms with Gasteiger partial charge in [0.1, 0.15) is 6.61 Å². The molecule has 0 radical (unpaired) electrons. The summed E-state index contributed by atoms with van der Waals surface area (Å²) in [6.07, 6.45) is 1.78. The Bertz CT molecular complexity index is 667. The van der Waals surface area contributed by atoms with Gasteiger partial charge in [-0.15, -0.1) is 0 Å². The molecule has 0 atom stereocenters. The summed E-state index contributed by atoms with van der Waals surface area (Å²) in [6.45, 7) is 7.86. The van der Waals surface area contributed by atoms with Crippen LogP contribution in [0, 0.1) is 13.8 Å². The fourth-order valence-corrected chi connectivity index (χ4v) is 2.39. The standard InChI is InChI=1S/C18H25N3O3/c1-4-21-15(3)13-17(20-21)18(22)24-12-11-23-10-6-9-16-8-5-7-14(2)19-16/h5,7-8,13H,4,6,9-12H2,1-3H3. The third-order valence-corrected chi connectivity index (χ3v) is 3.62. The second kappa shape index (κ2) is 9.17. The highest BCUT2D eigenvalue weighted by molar-refractivity contribution is 5.87. The van der Waals surface area contributed by atoms with Gasteiger partial charge in [0.25, 0.3) is 0 Å². The van der Waals surface area contributed by atoms with E-state index in [4.69, 9.17) is 9.47 Å². The van der Waals surface area contributed by atoms with Crippen molar-refractivity contribution in [3.63, 3.8) is 0 Å². The van der Waals surface area contributed by atoms with Crippen LogP contribution in [-0.4, -0.2) is 40.6 Å². The van der Waals surface area contributed by atoms with Gasteiger partial charge in [-0.2, -0.15) is 5.10 Å². The van der Waals surface area contributed by atoms with Gasteiger partial charge in [-0.05, 0) is 51.8 Å². The van der Waals surface area contributed by atoms with Gasteiger partial charge < -0.3 is 9.47 Å². The van der Waals surface area contributed by atoms with Gasteiger partial charge in [0.15, 0.2) is 5.69 Å². The van der Waals surface area contributed by atoms with E-state index in [9.17, 15) is 4.79 Å². The maximum absolute atomic E-state index is 11.9. The lowest BCUT2D eigenvalue weighted by molar-refractivity contribution is 0.0308. The lowest BCUT2D eigenvalue weighted by Crippen LogP contribution is -2.12. The average Bonchev–Trinajstić information content (AvgIpc) is 2.95. The van der Waals surface area contributed by atoms with Gasteiger partial charge in [-0.25, -0.2) is 4.79 Å². The van der Waals surface area contributed by atoms with E-state index < -0.39 is 5.97 Å². The molecule has 0 saturated carbocycles. The van der Waals surface area contributed by atoms with Crippen LogP contribution in [0.2, 0.25) is 0 Å². The van der Waals surface area contributed by atoms with Crippen molar-refractivity contribution in [2.45, 2.75) is 40.2 Å². The molecule has 0 bridgehead atoms. The SMILES string of the molecule is CCn1nc(C(=O)OCCOCCCc2cccc(C)n2)cc1C. The molecule has 2 aromatic heterocycles. The monoisotopic (exact) mass is 331 g/mol. The summed E-state index contributed by atoms with van der Waals surface area (Å²) >= 11 is 0.